The van der Waals surface area contributed by atoms with Crippen molar-refractivity contribution in [2.45, 2.75) is 67.8 Å². The number of fused-ring (bicyclic) bond motifs is 4. The molecular weight excluding hydrogens is 302 g/mol. The van der Waals surface area contributed by atoms with Crippen molar-refractivity contribution in [2.24, 2.45) is 5.92 Å². The van der Waals surface area contributed by atoms with Crippen LogP contribution < -0.4 is 0 Å². The molecule has 22 heavy (non-hydrogen) atoms. The minimum Gasteiger partial charge on any atom is -0.0492 e. The van der Waals surface area contributed by atoms with Crippen LogP contribution in [-0.4, -0.2) is 43.1 Å². The van der Waals surface area contributed by atoms with E-state index in [0.717, 1.165) is 17.2 Å². The summed E-state index contributed by atoms with van der Waals surface area (Å²) in [5.74, 6) is 1.01. The Bertz CT molecular complexity index is 609. The lowest BCUT2D eigenvalue weighted by Crippen LogP contribution is -2.42. The van der Waals surface area contributed by atoms with E-state index in [9.17, 15) is 0 Å². The van der Waals surface area contributed by atoms with E-state index in [4.69, 9.17) is 0 Å². The molecule has 0 amide bonds. The van der Waals surface area contributed by atoms with Gasteiger partial charge in [-0.05, 0) is 62.2 Å². The van der Waals surface area contributed by atoms with Crippen molar-refractivity contribution in [1.29, 1.82) is 0 Å². The quantitative estimate of drug-likeness (QED) is 0.376. The van der Waals surface area contributed by atoms with E-state index in [1.807, 2.05) is 16.5 Å². The zero-order valence-corrected chi connectivity index (χ0v) is 16.6. The monoisotopic (exact) mass is 334 g/mol. The summed E-state index contributed by atoms with van der Waals surface area (Å²) in [7, 11) is -1.69. The fourth-order valence-corrected chi connectivity index (χ4v) is 18.6. The highest BCUT2D eigenvalue weighted by molar-refractivity contribution is 7.83. The SMILES string of the molecule is C[P+]1(C)C2=C(CCCC2)[C@@H]2[C@H]1[C@@H]1C=C3CCCC[C@@]32[P+]1(C)C. The molecule has 1 saturated heterocycles. The molecule has 5 aliphatic rings. The molecule has 0 aromatic carbocycles. The first-order chi connectivity index (χ1) is 10.4. The number of hydrogen-bond acceptors (Lipinski definition) is 0. The normalized spacial score (nSPS) is 47.1. The molecule has 2 bridgehead atoms. The zero-order chi connectivity index (χ0) is 15.3. The van der Waals surface area contributed by atoms with E-state index in [1.54, 1.807) is 6.42 Å². The molecule has 0 unspecified atom stereocenters. The van der Waals surface area contributed by atoms with Gasteiger partial charge in [0.05, 0.1) is 37.9 Å². The summed E-state index contributed by atoms with van der Waals surface area (Å²) < 4.78 is 0. The molecule has 3 aliphatic heterocycles. The van der Waals surface area contributed by atoms with Crippen LogP contribution in [0.5, 0.6) is 0 Å². The second-order valence-electron chi connectivity index (χ2n) is 9.54. The van der Waals surface area contributed by atoms with Crippen LogP contribution in [0.2, 0.25) is 0 Å². The van der Waals surface area contributed by atoms with Crippen LogP contribution in [0, 0.1) is 5.92 Å². The highest BCUT2D eigenvalue weighted by Gasteiger charge is 2.82. The van der Waals surface area contributed by atoms with Crippen molar-refractivity contribution < 1.29 is 0 Å². The average Bonchev–Trinajstić information content (AvgIpc) is 2.96. The first-order valence-electron chi connectivity index (χ1n) is 9.53. The molecule has 0 aromatic rings. The first-order valence-corrected chi connectivity index (χ1v) is 15.0. The largest absolute Gasteiger partial charge is 0.126 e. The van der Waals surface area contributed by atoms with Crippen molar-refractivity contribution in [3.8, 4) is 0 Å². The maximum atomic E-state index is 2.87. The Hall–Kier alpha value is 0.340. The molecule has 2 fully saturated rings. The van der Waals surface area contributed by atoms with E-state index in [2.05, 4.69) is 32.7 Å². The minimum atomic E-state index is -0.857. The van der Waals surface area contributed by atoms with Crippen LogP contribution in [0.3, 0.4) is 0 Å². The summed E-state index contributed by atoms with van der Waals surface area (Å²) in [6.07, 6.45) is 14.8. The van der Waals surface area contributed by atoms with Gasteiger partial charge in [-0.1, -0.05) is 0 Å². The fraction of sp³-hybridized carbons (Fsp3) is 0.800. The lowest BCUT2D eigenvalue weighted by Gasteiger charge is -2.42. The van der Waals surface area contributed by atoms with Crippen molar-refractivity contribution in [3.63, 3.8) is 0 Å². The lowest BCUT2D eigenvalue weighted by molar-refractivity contribution is 0.377. The van der Waals surface area contributed by atoms with Gasteiger partial charge in [0.25, 0.3) is 0 Å². The topological polar surface area (TPSA) is 0 Å². The van der Waals surface area contributed by atoms with Gasteiger partial charge in [-0.25, -0.2) is 0 Å². The van der Waals surface area contributed by atoms with E-state index < -0.39 is 14.5 Å². The average molecular weight is 334 g/mol. The Balaban J connectivity index is 1.75. The molecule has 3 heterocycles. The number of rotatable bonds is 0. The van der Waals surface area contributed by atoms with Crippen LogP contribution in [0.4, 0.5) is 0 Å². The Kier molecular flexibility index (Phi) is 2.86. The van der Waals surface area contributed by atoms with Crippen molar-refractivity contribution in [3.05, 3.63) is 22.5 Å². The van der Waals surface area contributed by atoms with Gasteiger partial charge in [-0.3, -0.25) is 0 Å². The molecule has 120 valence electrons. The van der Waals surface area contributed by atoms with E-state index in [1.165, 1.54) is 44.9 Å². The highest BCUT2D eigenvalue weighted by atomic mass is 31.2. The van der Waals surface area contributed by atoms with Crippen LogP contribution in [-0.2, 0) is 0 Å². The third-order valence-corrected chi connectivity index (χ3v) is 17.5. The minimum absolute atomic E-state index is 0.687. The smallest absolute Gasteiger partial charge is 0.0492 e. The molecule has 0 N–H and O–H groups in total. The van der Waals surface area contributed by atoms with Crippen LogP contribution in [0.15, 0.2) is 22.5 Å². The predicted molar refractivity (Wildman–Crippen MR) is 103 cm³/mol. The van der Waals surface area contributed by atoms with Gasteiger partial charge >= 0.3 is 0 Å². The van der Waals surface area contributed by atoms with E-state index in [0.29, 0.717) is 5.16 Å². The highest BCUT2D eigenvalue weighted by Crippen LogP contribution is 2.93. The van der Waals surface area contributed by atoms with Gasteiger partial charge in [0, 0.05) is 20.9 Å². The van der Waals surface area contributed by atoms with Crippen LogP contribution in [0.25, 0.3) is 0 Å². The first kappa shape index (κ1) is 14.7. The van der Waals surface area contributed by atoms with Crippen molar-refractivity contribution in [1.82, 2.24) is 0 Å². The van der Waals surface area contributed by atoms with E-state index in [-0.39, 0.29) is 0 Å². The second-order valence-corrected chi connectivity index (χ2v) is 18.2. The zero-order valence-electron chi connectivity index (χ0n) is 14.9. The number of allylic oxidation sites excluding steroid dienone is 4. The van der Waals surface area contributed by atoms with Gasteiger partial charge < -0.3 is 0 Å². The van der Waals surface area contributed by atoms with Gasteiger partial charge in [-0.15, -0.1) is 0 Å². The number of hydrogen-bond donors (Lipinski definition) is 0. The van der Waals surface area contributed by atoms with E-state index >= 15 is 0 Å². The molecule has 0 nitrogen and oxygen atoms in total. The summed E-state index contributed by atoms with van der Waals surface area (Å²) in [6, 6.07) is 0. The molecule has 4 atom stereocenters. The second kappa shape index (κ2) is 4.29. The molecule has 0 radical (unpaired) electrons. The molecule has 1 spiro atoms. The lowest BCUT2D eigenvalue weighted by atomic mass is 9.67. The molecule has 2 heteroatoms. The molecule has 5 rings (SSSR count). The predicted octanol–water partition coefficient (Wildman–Crippen LogP) is 6.00. The third kappa shape index (κ3) is 1.38. The van der Waals surface area contributed by atoms with Crippen LogP contribution in [0.1, 0.15) is 51.4 Å². The van der Waals surface area contributed by atoms with Crippen LogP contribution >= 0.6 is 14.5 Å². The molecular formula is C20H32P2+2. The Morgan fingerprint density at radius 3 is 2.50 bits per heavy atom. The molecule has 2 aliphatic carbocycles. The molecule has 1 saturated carbocycles. The summed E-state index contributed by atoms with van der Waals surface area (Å²) in [5, 5.41) is 2.73. The Morgan fingerprint density at radius 2 is 1.68 bits per heavy atom. The maximum Gasteiger partial charge on any atom is 0.126 e. The Morgan fingerprint density at radius 1 is 0.955 bits per heavy atom. The Labute approximate surface area is 137 Å². The maximum absolute atomic E-state index is 2.87. The van der Waals surface area contributed by atoms with Crippen molar-refractivity contribution in [2.75, 3.05) is 26.7 Å². The standard InChI is InChI=1S/C20H32P2/c1-21(2)16-11-6-5-10-15(16)18-19(21)17-13-14-9-7-8-12-20(14,18)22(17,3)4/h13,17-19H,5-12H2,1-4H3/q+2/t17-,18+,19+,20+/m0/s1. The van der Waals surface area contributed by atoms with Gasteiger partial charge in [-0.2, -0.15) is 0 Å². The van der Waals surface area contributed by atoms with Gasteiger partial charge in [0.15, 0.2) is 0 Å². The van der Waals surface area contributed by atoms with Gasteiger partial charge in [0.2, 0.25) is 0 Å². The fourth-order valence-electron chi connectivity index (χ4n) is 7.64. The summed E-state index contributed by atoms with van der Waals surface area (Å²) in [5.41, 5.74) is 6.07. The summed E-state index contributed by atoms with van der Waals surface area (Å²) in [4.78, 5) is 0. The molecule has 0 aromatic heterocycles. The third-order valence-electron chi connectivity index (χ3n) is 8.46. The van der Waals surface area contributed by atoms with Gasteiger partial charge in [0.1, 0.15) is 16.5 Å². The van der Waals surface area contributed by atoms with Crippen molar-refractivity contribution >= 4 is 14.5 Å². The summed E-state index contributed by atoms with van der Waals surface area (Å²) in [6.45, 7) is 11.0. The summed E-state index contributed by atoms with van der Waals surface area (Å²) >= 11 is 0.